The van der Waals surface area contributed by atoms with Gasteiger partial charge in [-0.1, -0.05) is 60.1 Å². The number of halogens is 1. The molecule has 1 aromatic heterocycles. The van der Waals surface area contributed by atoms with E-state index in [2.05, 4.69) is 29.7 Å². The lowest BCUT2D eigenvalue weighted by Crippen LogP contribution is -2.10. The number of fused-ring (bicyclic) bond motifs is 1. The third-order valence-electron chi connectivity index (χ3n) is 4.45. The van der Waals surface area contributed by atoms with Crippen LogP contribution in [-0.2, 0) is 6.54 Å². The number of nitrogens with zero attached hydrogens (tertiary/aromatic N) is 2. The quantitative estimate of drug-likeness (QED) is 0.452. The van der Waals surface area contributed by atoms with E-state index in [1.807, 2.05) is 54.6 Å². The number of aryl methyl sites for hydroxylation is 1. The second-order valence-electron chi connectivity index (χ2n) is 6.17. The molecule has 0 bridgehead atoms. The fourth-order valence-corrected chi connectivity index (χ4v) is 3.33. The van der Waals surface area contributed by atoms with Crippen molar-refractivity contribution in [3.8, 4) is 17.1 Å². The Labute approximate surface area is 157 Å². The van der Waals surface area contributed by atoms with Crippen LogP contribution in [0.2, 0.25) is 5.02 Å². The molecule has 130 valence electrons. The largest absolute Gasteiger partial charge is 0.490 e. The highest BCUT2D eigenvalue weighted by atomic mass is 35.5. The van der Waals surface area contributed by atoms with Gasteiger partial charge in [0.2, 0.25) is 0 Å². The predicted octanol–water partition coefficient (Wildman–Crippen LogP) is 5.74. The molecule has 0 unspecified atom stereocenters. The Morgan fingerprint density at radius 1 is 0.923 bits per heavy atom. The molecule has 4 rings (SSSR count). The summed E-state index contributed by atoms with van der Waals surface area (Å²) in [4.78, 5) is 4.87. The number of ether oxygens (including phenoxy) is 1. The van der Waals surface area contributed by atoms with Crippen LogP contribution >= 0.6 is 11.6 Å². The molecule has 0 aliphatic carbocycles. The molecule has 0 spiro atoms. The maximum Gasteiger partial charge on any atom is 0.141 e. The summed E-state index contributed by atoms with van der Waals surface area (Å²) >= 11 is 6.18. The van der Waals surface area contributed by atoms with Crippen molar-refractivity contribution in [1.29, 1.82) is 0 Å². The molecule has 0 atom stereocenters. The van der Waals surface area contributed by atoms with Gasteiger partial charge in [-0.25, -0.2) is 4.98 Å². The second kappa shape index (κ2) is 7.22. The number of imidazole rings is 1. The fraction of sp³-hybridized carbons (Fsp3) is 0.136. The molecule has 4 heteroatoms. The summed E-state index contributed by atoms with van der Waals surface area (Å²) in [5.41, 5.74) is 4.44. The first-order valence-corrected chi connectivity index (χ1v) is 9.00. The molecule has 1 heterocycles. The molecule has 0 N–H and O–H groups in total. The molecular formula is C22H19ClN2O. The van der Waals surface area contributed by atoms with Crippen LogP contribution in [0.15, 0.2) is 72.8 Å². The zero-order valence-corrected chi connectivity index (χ0v) is 15.3. The maximum absolute atomic E-state index is 6.18. The van der Waals surface area contributed by atoms with Crippen molar-refractivity contribution >= 4 is 22.6 Å². The summed E-state index contributed by atoms with van der Waals surface area (Å²) < 4.78 is 8.12. The van der Waals surface area contributed by atoms with Gasteiger partial charge in [-0.05, 0) is 36.8 Å². The Balaban J connectivity index is 1.68. The minimum atomic E-state index is 0.517. The van der Waals surface area contributed by atoms with Crippen molar-refractivity contribution in [2.75, 3.05) is 6.61 Å². The van der Waals surface area contributed by atoms with Crippen LogP contribution in [0, 0.1) is 6.92 Å². The van der Waals surface area contributed by atoms with Gasteiger partial charge in [0, 0.05) is 5.56 Å². The highest BCUT2D eigenvalue weighted by Crippen LogP contribution is 2.28. The van der Waals surface area contributed by atoms with E-state index in [0.29, 0.717) is 23.9 Å². The van der Waals surface area contributed by atoms with Gasteiger partial charge in [0.25, 0.3) is 0 Å². The molecule has 0 radical (unpaired) electrons. The molecule has 3 nitrogen and oxygen atoms in total. The Morgan fingerprint density at radius 3 is 2.50 bits per heavy atom. The van der Waals surface area contributed by atoms with E-state index in [1.165, 1.54) is 5.56 Å². The highest BCUT2D eigenvalue weighted by molar-refractivity contribution is 6.32. The minimum absolute atomic E-state index is 0.517. The van der Waals surface area contributed by atoms with Crippen LogP contribution in [0.4, 0.5) is 0 Å². The number of hydrogen-bond donors (Lipinski definition) is 0. The lowest BCUT2D eigenvalue weighted by Gasteiger charge is -2.12. The fourth-order valence-electron chi connectivity index (χ4n) is 3.14. The number of rotatable bonds is 5. The molecule has 0 fully saturated rings. The Hall–Kier alpha value is -2.78. The Bertz CT molecular complexity index is 1050. The van der Waals surface area contributed by atoms with Crippen molar-refractivity contribution in [2.24, 2.45) is 0 Å². The zero-order chi connectivity index (χ0) is 17.9. The molecular weight excluding hydrogens is 344 g/mol. The van der Waals surface area contributed by atoms with Crippen LogP contribution < -0.4 is 4.74 Å². The topological polar surface area (TPSA) is 27.1 Å². The first kappa shape index (κ1) is 16.7. The normalized spacial score (nSPS) is 11.0. The van der Waals surface area contributed by atoms with E-state index in [4.69, 9.17) is 21.3 Å². The van der Waals surface area contributed by atoms with Gasteiger partial charge < -0.3 is 9.30 Å². The van der Waals surface area contributed by atoms with Crippen LogP contribution in [-0.4, -0.2) is 16.2 Å². The Kier molecular flexibility index (Phi) is 4.63. The summed E-state index contributed by atoms with van der Waals surface area (Å²) in [5, 5.41) is 0.627. The highest BCUT2D eigenvalue weighted by Gasteiger charge is 2.14. The van der Waals surface area contributed by atoms with E-state index in [1.54, 1.807) is 0 Å². The predicted molar refractivity (Wildman–Crippen MR) is 107 cm³/mol. The van der Waals surface area contributed by atoms with Crippen LogP contribution in [0.1, 0.15) is 5.56 Å². The first-order chi connectivity index (χ1) is 12.7. The van der Waals surface area contributed by atoms with Crippen molar-refractivity contribution < 1.29 is 4.74 Å². The van der Waals surface area contributed by atoms with Gasteiger partial charge in [0.1, 0.15) is 18.2 Å². The lowest BCUT2D eigenvalue weighted by atomic mass is 10.1. The van der Waals surface area contributed by atoms with Crippen molar-refractivity contribution in [3.63, 3.8) is 0 Å². The smallest absolute Gasteiger partial charge is 0.141 e. The molecule has 0 saturated carbocycles. The average Bonchev–Trinajstić information content (AvgIpc) is 3.02. The summed E-state index contributed by atoms with van der Waals surface area (Å²) in [6, 6.07) is 24.1. The van der Waals surface area contributed by atoms with Crippen molar-refractivity contribution in [3.05, 3.63) is 83.4 Å². The zero-order valence-electron chi connectivity index (χ0n) is 14.5. The second-order valence-corrected chi connectivity index (χ2v) is 6.58. The van der Waals surface area contributed by atoms with Crippen LogP contribution in [0.25, 0.3) is 22.4 Å². The van der Waals surface area contributed by atoms with Gasteiger partial charge in [-0.3, -0.25) is 0 Å². The number of para-hydroxylation sites is 3. The summed E-state index contributed by atoms with van der Waals surface area (Å²) in [6.07, 6.45) is 0. The van der Waals surface area contributed by atoms with Crippen LogP contribution in [0.5, 0.6) is 5.75 Å². The van der Waals surface area contributed by atoms with E-state index >= 15 is 0 Å². The molecule has 0 aliphatic rings. The standard InChI is InChI=1S/C22H19ClN2O/c1-16-8-2-3-9-17(16)22-24-19-11-5-6-12-20(19)25(22)14-15-26-21-13-7-4-10-18(21)23/h2-13H,14-15H2,1H3. The third-order valence-corrected chi connectivity index (χ3v) is 4.76. The van der Waals surface area contributed by atoms with Crippen molar-refractivity contribution in [2.45, 2.75) is 13.5 Å². The SMILES string of the molecule is Cc1ccccc1-c1nc2ccccc2n1CCOc1ccccc1Cl. The van der Waals surface area contributed by atoms with Gasteiger partial charge in [0.15, 0.2) is 0 Å². The average molecular weight is 363 g/mol. The van der Waals surface area contributed by atoms with Gasteiger partial charge in [-0.2, -0.15) is 0 Å². The molecule has 26 heavy (non-hydrogen) atoms. The summed E-state index contributed by atoms with van der Waals surface area (Å²) in [6.45, 7) is 3.32. The van der Waals surface area contributed by atoms with Crippen LogP contribution in [0.3, 0.4) is 0 Å². The van der Waals surface area contributed by atoms with E-state index in [-0.39, 0.29) is 0 Å². The molecule has 0 saturated heterocycles. The van der Waals surface area contributed by atoms with Crippen molar-refractivity contribution in [1.82, 2.24) is 9.55 Å². The number of hydrogen-bond acceptors (Lipinski definition) is 2. The molecule has 3 aromatic carbocycles. The van der Waals surface area contributed by atoms with E-state index in [0.717, 1.165) is 22.4 Å². The third kappa shape index (κ3) is 3.18. The summed E-state index contributed by atoms with van der Waals surface area (Å²) in [7, 11) is 0. The van der Waals surface area contributed by atoms with Gasteiger partial charge >= 0.3 is 0 Å². The monoisotopic (exact) mass is 362 g/mol. The lowest BCUT2D eigenvalue weighted by molar-refractivity contribution is 0.301. The maximum atomic E-state index is 6.18. The number of benzene rings is 3. The molecule has 0 aliphatic heterocycles. The Morgan fingerprint density at radius 2 is 1.65 bits per heavy atom. The summed E-state index contributed by atoms with van der Waals surface area (Å²) in [5.74, 6) is 1.67. The molecule has 4 aromatic rings. The first-order valence-electron chi connectivity index (χ1n) is 8.62. The van der Waals surface area contributed by atoms with Gasteiger partial charge in [0.05, 0.1) is 22.6 Å². The molecule has 0 amide bonds. The van der Waals surface area contributed by atoms with Gasteiger partial charge in [-0.15, -0.1) is 0 Å². The van der Waals surface area contributed by atoms with E-state index in [9.17, 15) is 0 Å². The van der Waals surface area contributed by atoms with E-state index < -0.39 is 0 Å². The number of aromatic nitrogens is 2. The minimum Gasteiger partial charge on any atom is -0.490 e.